The Kier molecular flexibility index (Phi) is 13.2. The summed E-state index contributed by atoms with van der Waals surface area (Å²) in [6, 6.07) is -0.444. The molecule has 2 aromatic rings. The topological polar surface area (TPSA) is 322 Å². The molecular weight excluding hydrogens is 987 g/mol. The number of allylic oxidation sites excluding steroid dienone is 2. The molecule has 0 unspecified atom stereocenters. The molecule has 0 aromatic carbocycles. The Balaban J connectivity index is 1.07. The van der Waals surface area contributed by atoms with Gasteiger partial charge in [-0.3, -0.25) is 9.59 Å². The lowest BCUT2D eigenvalue weighted by molar-refractivity contribution is -0.362. The number of aliphatic hydroxyl groups excluding tert-OH is 7. The predicted molar refractivity (Wildman–Crippen MR) is 280 cm³/mol. The number of amides is 1. The molecule has 5 heterocycles. The Bertz CT molecular complexity index is 2590. The Morgan fingerprint density at radius 3 is 2.39 bits per heavy atom. The van der Waals surface area contributed by atoms with Gasteiger partial charge >= 0.3 is 5.97 Å². The van der Waals surface area contributed by atoms with Crippen LogP contribution >= 0.6 is 0 Å². The van der Waals surface area contributed by atoms with E-state index in [-0.39, 0.29) is 67.7 Å². The summed E-state index contributed by atoms with van der Waals surface area (Å²) in [5.74, 6) is -2.36. The highest BCUT2D eigenvalue weighted by Crippen LogP contribution is 2.86. The number of aromatic nitrogens is 4. The van der Waals surface area contributed by atoms with Crippen LogP contribution in [0.15, 0.2) is 30.5 Å². The predicted octanol–water partition coefficient (Wildman–Crippen LogP) is 3.85. The van der Waals surface area contributed by atoms with Gasteiger partial charge in [0.15, 0.2) is 6.29 Å². The van der Waals surface area contributed by atoms with Gasteiger partial charge in [0.2, 0.25) is 5.91 Å². The van der Waals surface area contributed by atoms with Gasteiger partial charge in [-0.15, -0.1) is 0 Å². The lowest BCUT2D eigenvalue weighted by Crippen LogP contribution is -2.79. The number of carbonyl (C=O) groups excluding carboxylic acids is 1. The highest BCUT2D eigenvalue weighted by Gasteiger charge is 2.82. The summed E-state index contributed by atoms with van der Waals surface area (Å²) in [5.41, 5.74) is 3.16. The molecule has 14 N–H and O–H groups in total. The van der Waals surface area contributed by atoms with Crippen LogP contribution in [0.2, 0.25) is 0 Å². The normalized spacial score (nSPS) is 48.3. The summed E-state index contributed by atoms with van der Waals surface area (Å²) < 4.78 is 12.9. The number of hydrogen-bond acceptors (Lipinski definition) is 15. The Labute approximate surface area is 451 Å². The summed E-state index contributed by atoms with van der Waals surface area (Å²) in [7, 11) is 0. The number of carboxylic acid groups (broad SMARTS) is 1. The molecule has 8 fully saturated rings. The first-order valence-electron chi connectivity index (χ1n) is 29.3. The Morgan fingerprint density at radius 2 is 1.69 bits per heavy atom. The first-order valence-corrected chi connectivity index (χ1v) is 29.3. The molecule has 2 saturated heterocycles. The van der Waals surface area contributed by atoms with E-state index in [2.05, 4.69) is 52.4 Å². The molecule has 10 aliphatic rings. The number of H-pyrrole nitrogens is 2. The van der Waals surface area contributed by atoms with Gasteiger partial charge in [-0.2, -0.15) is 0 Å². The summed E-state index contributed by atoms with van der Waals surface area (Å²) >= 11 is 0. The van der Waals surface area contributed by atoms with E-state index in [1.165, 1.54) is 5.57 Å². The number of nitrogens with zero attached hydrogens (tertiary/aromatic N) is 2. The van der Waals surface area contributed by atoms with Crippen molar-refractivity contribution in [1.82, 2.24) is 25.3 Å². The van der Waals surface area contributed by atoms with Crippen molar-refractivity contribution in [3.8, 4) is 0 Å². The number of carboxylic acids is 1. The monoisotopic (exact) mass is 1070 g/mol. The largest absolute Gasteiger partial charge is 0.481 e. The summed E-state index contributed by atoms with van der Waals surface area (Å²) in [6.07, 6.45) is 8.85. The van der Waals surface area contributed by atoms with E-state index < -0.39 is 104 Å². The van der Waals surface area contributed by atoms with Gasteiger partial charge in [-0.05, 0) is 147 Å². The minimum Gasteiger partial charge on any atom is -0.481 e. The third-order valence-electron chi connectivity index (χ3n) is 25.2. The molecule has 7 aliphatic carbocycles. The first kappa shape index (κ1) is 54.1. The molecule has 19 nitrogen and oxygen atoms in total. The lowest BCUT2D eigenvalue weighted by Gasteiger charge is -2.82. The average molecular weight is 1070 g/mol. The number of nitrogens with one attached hydrogen (secondary N) is 4. The summed E-state index contributed by atoms with van der Waals surface area (Å²) in [4.78, 5) is 45.6. The number of ether oxygens (including phenoxy) is 2. The van der Waals surface area contributed by atoms with Crippen LogP contribution < -0.4 is 16.4 Å². The number of aliphatic carboxylic acids is 1. The second-order valence-corrected chi connectivity index (χ2v) is 27.6. The number of hydrogen-bond donors (Lipinski definition) is 13. The second kappa shape index (κ2) is 18.8. The van der Waals surface area contributed by atoms with Crippen LogP contribution in [0.5, 0.6) is 0 Å². The van der Waals surface area contributed by atoms with Gasteiger partial charge in [0.25, 0.3) is 0 Å². The standard InChI is InChI=1S/C58H87N7O12/c1-51(26-66)18-19-57(50(74)75)35(22-51)31-10-17-56-14-7-15-58(31,32-21-37-47(64-29-63-37)61-23-36(32)57)53(56,3)16-11-40-52(2,27-67)46(77-48-45(72)44(71)39(68)25-76-48)43(70)34(54(40,56)4)20-33-42(65-49(73)55(33)12-5-6-13-55)30(8-9-41(59)69)38-24-60-28-62-38/h10,24,28-30,32-36,39-46,48,61,66-72H,5-9,11-23,25-27,59H2,1-4H3,(H,60,62)(H,63,64)(H,65,73)(H,74,75)/t30-,32+,33-,34-,35+,36+,39-,40-,41+,42-,43-,44+,45-,46-,48+,51+,52+,53-,54+,56+,57-,58+/m1/s1. The zero-order valence-electron chi connectivity index (χ0n) is 45.5. The Hall–Kier alpha value is -3.50. The van der Waals surface area contributed by atoms with E-state index in [9.17, 15) is 45.6 Å². The molecule has 6 saturated carbocycles. The Morgan fingerprint density at radius 1 is 0.909 bits per heavy atom. The zero-order chi connectivity index (χ0) is 54.5. The van der Waals surface area contributed by atoms with Crippen molar-refractivity contribution in [2.45, 2.75) is 192 Å². The molecule has 426 valence electrons. The molecule has 19 heteroatoms. The van der Waals surface area contributed by atoms with E-state index in [1.807, 2.05) is 6.92 Å². The minimum atomic E-state index is -1.65. The number of anilines is 1. The van der Waals surface area contributed by atoms with Crippen molar-refractivity contribution in [3.05, 3.63) is 41.9 Å². The van der Waals surface area contributed by atoms with Crippen LogP contribution in [0, 0.1) is 78.8 Å². The van der Waals surface area contributed by atoms with Crippen molar-refractivity contribution >= 4 is 17.7 Å². The molecule has 22 atom stereocenters. The molecule has 0 radical (unpaired) electrons. The van der Waals surface area contributed by atoms with Crippen molar-refractivity contribution < 1.29 is 59.9 Å². The van der Waals surface area contributed by atoms with Crippen LogP contribution in [0.3, 0.4) is 0 Å². The van der Waals surface area contributed by atoms with Crippen LogP contribution in [-0.2, 0) is 25.5 Å². The van der Waals surface area contributed by atoms with E-state index in [0.29, 0.717) is 70.8 Å². The highest BCUT2D eigenvalue weighted by molar-refractivity contribution is 5.86. The van der Waals surface area contributed by atoms with Gasteiger partial charge in [0, 0.05) is 47.8 Å². The van der Waals surface area contributed by atoms with E-state index in [1.54, 1.807) is 18.9 Å². The number of aromatic amines is 2. The fourth-order valence-corrected chi connectivity index (χ4v) is 21.6. The van der Waals surface area contributed by atoms with Crippen LogP contribution in [0.1, 0.15) is 148 Å². The van der Waals surface area contributed by atoms with Gasteiger partial charge in [-0.25, -0.2) is 9.97 Å². The van der Waals surface area contributed by atoms with Crippen molar-refractivity contribution in [1.29, 1.82) is 0 Å². The number of imidazole rings is 2. The van der Waals surface area contributed by atoms with Gasteiger partial charge in [-0.1, -0.05) is 58.6 Å². The number of aliphatic hydroxyl groups is 7. The van der Waals surface area contributed by atoms with E-state index >= 15 is 4.79 Å². The number of nitrogens with two attached hydrogens (primary N) is 1. The minimum absolute atomic E-state index is 0.0136. The van der Waals surface area contributed by atoms with Crippen molar-refractivity contribution in [2.24, 2.45) is 84.6 Å². The van der Waals surface area contributed by atoms with Gasteiger partial charge < -0.3 is 76.7 Å². The fraction of sp³-hybridized carbons (Fsp3) is 0.828. The third-order valence-corrected chi connectivity index (χ3v) is 25.2. The maximum Gasteiger partial charge on any atom is 0.310 e. The van der Waals surface area contributed by atoms with Gasteiger partial charge in [0.1, 0.15) is 30.4 Å². The lowest BCUT2D eigenvalue weighted by atomic mass is 9.22. The SMILES string of the molecule is C[C@]1(CO)CC[C@@]2(C(=O)O)[C@@H](C1)C1=CC[C@@]34CCC[C@]1([C@H]1Cc5[nH]cnc5NC[C@@H]12)[C@]3(C)CC[C@@H]1[C@](C)(CO)[C@H](O[C@@H]2OC[C@@H](O)[C@H](O)[C@H]2O)[C@H](O)[C@@H](C[C@@H]2[C@@H]([C@H](CC[C@@H](N)O)c3cnc[nH]3)NC(=O)C23CCCC3)[C@@]14C. The maximum atomic E-state index is 15.1. The highest BCUT2D eigenvalue weighted by atomic mass is 16.7. The first-order chi connectivity index (χ1) is 36.7. The van der Waals surface area contributed by atoms with Crippen LogP contribution in [0.4, 0.5) is 5.82 Å². The zero-order valence-corrected chi connectivity index (χ0v) is 45.5. The maximum absolute atomic E-state index is 15.1. The van der Waals surface area contributed by atoms with Crippen molar-refractivity contribution in [2.75, 3.05) is 31.7 Å². The van der Waals surface area contributed by atoms with Crippen LogP contribution in [0.25, 0.3) is 0 Å². The third kappa shape index (κ3) is 7.15. The number of fused-ring (bicyclic) bond motifs is 6. The molecule has 2 aromatic heterocycles. The molecular formula is C58H87N7O12. The molecule has 2 bridgehead atoms. The van der Waals surface area contributed by atoms with E-state index in [0.717, 1.165) is 55.7 Å². The summed E-state index contributed by atoms with van der Waals surface area (Å²) in [5, 5.41) is 100. The molecule has 2 spiro atoms. The average Bonchev–Trinajstić information content (AvgIpc) is 4.30. The quantitative estimate of drug-likeness (QED) is 0.0816. The molecule has 3 aliphatic heterocycles. The van der Waals surface area contributed by atoms with Gasteiger partial charge in [0.05, 0.1) is 54.6 Å². The molecule has 12 rings (SSSR count). The summed E-state index contributed by atoms with van der Waals surface area (Å²) in [6.45, 7) is 8.69. The second-order valence-electron chi connectivity index (χ2n) is 27.6. The molecule has 1 amide bonds. The fourth-order valence-electron chi connectivity index (χ4n) is 21.6. The number of rotatable bonds is 12. The van der Waals surface area contributed by atoms with E-state index in [4.69, 9.17) is 20.2 Å². The number of carbonyl (C=O) groups is 2. The smallest absolute Gasteiger partial charge is 0.310 e. The van der Waals surface area contributed by atoms with Crippen molar-refractivity contribution in [3.63, 3.8) is 0 Å². The van der Waals surface area contributed by atoms with Crippen LogP contribution in [-0.4, -0.2) is 148 Å². The molecule has 77 heavy (non-hydrogen) atoms.